The average Bonchev–Trinajstić information content (AvgIpc) is 3.11. The monoisotopic (exact) mass is 395 g/mol. The molecular formula is C25H21N3S. The molecule has 0 fully saturated rings. The first-order valence-corrected chi connectivity index (χ1v) is 10.5. The van der Waals surface area contributed by atoms with E-state index in [-0.39, 0.29) is 5.41 Å². The summed E-state index contributed by atoms with van der Waals surface area (Å²) in [4.78, 5) is 14.5. The maximum absolute atomic E-state index is 4.85. The molecule has 0 unspecified atom stereocenters. The van der Waals surface area contributed by atoms with Crippen LogP contribution in [0, 0.1) is 0 Å². The van der Waals surface area contributed by atoms with E-state index in [0.717, 1.165) is 28.6 Å². The Kier molecular flexibility index (Phi) is 4.18. The summed E-state index contributed by atoms with van der Waals surface area (Å²) < 4.78 is 2.58. The van der Waals surface area contributed by atoms with Crippen molar-refractivity contribution in [2.24, 2.45) is 0 Å². The maximum Gasteiger partial charge on any atom is 0.163 e. The lowest BCUT2D eigenvalue weighted by Crippen LogP contribution is -2.18. The van der Waals surface area contributed by atoms with Crippen LogP contribution in [0.2, 0.25) is 0 Å². The lowest BCUT2D eigenvalue weighted by molar-refractivity contribution is 0.543. The van der Waals surface area contributed by atoms with Crippen molar-refractivity contribution in [1.82, 2.24) is 15.0 Å². The van der Waals surface area contributed by atoms with Gasteiger partial charge in [0, 0.05) is 36.7 Å². The average molecular weight is 396 g/mol. The van der Waals surface area contributed by atoms with Gasteiger partial charge in [0.1, 0.15) is 5.82 Å². The van der Waals surface area contributed by atoms with Crippen LogP contribution < -0.4 is 0 Å². The zero-order chi connectivity index (χ0) is 20.0. The Hall–Kier alpha value is -3.11. The summed E-state index contributed by atoms with van der Waals surface area (Å²) in [6.07, 6.45) is 0. The third-order valence-electron chi connectivity index (χ3n) is 4.97. The van der Waals surface area contributed by atoms with Crippen molar-refractivity contribution in [3.05, 3.63) is 78.6 Å². The molecule has 3 nitrogen and oxygen atoms in total. The van der Waals surface area contributed by atoms with E-state index in [0.29, 0.717) is 0 Å². The molecule has 4 heteroatoms. The minimum atomic E-state index is -0.166. The summed E-state index contributed by atoms with van der Waals surface area (Å²) in [6, 6.07) is 25.2. The van der Waals surface area contributed by atoms with E-state index in [1.54, 1.807) is 0 Å². The van der Waals surface area contributed by atoms with Gasteiger partial charge in [0.2, 0.25) is 0 Å². The molecule has 2 heterocycles. The number of rotatable bonds is 2. The van der Waals surface area contributed by atoms with Crippen molar-refractivity contribution >= 4 is 31.5 Å². The van der Waals surface area contributed by atoms with Crippen LogP contribution in [0.25, 0.3) is 42.9 Å². The largest absolute Gasteiger partial charge is 0.212 e. The molecule has 0 radical (unpaired) electrons. The molecule has 2 aromatic heterocycles. The molecule has 3 aromatic carbocycles. The highest BCUT2D eigenvalue weighted by atomic mass is 32.1. The molecule has 5 rings (SSSR count). The second-order valence-electron chi connectivity index (χ2n) is 8.23. The van der Waals surface area contributed by atoms with Gasteiger partial charge in [0.25, 0.3) is 0 Å². The van der Waals surface area contributed by atoms with E-state index >= 15 is 0 Å². The summed E-state index contributed by atoms with van der Waals surface area (Å²) in [7, 11) is 0. The second kappa shape index (κ2) is 6.75. The first kappa shape index (κ1) is 18.0. The number of hydrogen-bond acceptors (Lipinski definition) is 4. The molecule has 0 saturated carbocycles. The van der Waals surface area contributed by atoms with Gasteiger partial charge in [-0.2, -0.15) is 0 Å². The Morgan fingerprint density at radius 2 is 1.28 bits per heavy atom. The van der Waals surface area contributed by atoms with E-state index in [1.165, 1.54) is 20.2 Å². The van der Waals surface area contributed by atoms with Gasteiger partial charge < -0.3 is 0 Å². The third-order valence-corrected chi connectivity index (χ3v) is 6.12. The predicted molar refractivity (Wildman–Crippen MR) is 122 cm³/mol. The smallest absolute Gasteiger partial charge is 0.163 e. The van der Waals surface area contributed by atoms with E-state index in [2.05, 4.69) is 63.2 Å². The van der Waals surface area contributed by atoms with Gasteiger partial charge in [0.15, 0.2) is 11.6 Å². The Morgan fingerprint density at radius 1 is 0.621 bits per heavy atom. The summed E-state index contributed by atoms with van der Waals surface area (Å²) in [6.45, 7) is 6.41. The lowest BCUT2D eigenvalue weighted by Gasteiger charge is -2.18. The van der Waals surface area contributed by atoms with E-state index in [1.807, 2.05) is 41.7 Å². The lowest BCUT2D eigenvalue weighted by atomic mass is 9.95. The number of fused-ring (bicyclic) bond motifs is 3. The van der Waals surface area contributed by atoms with Gasteiger partial charge in [-0.25, -0.2) is 15.0 Å². The number of aromatic nitrogens is 3. The fraction of sp³-hybridized carbons (Fsp3) is 0.160. The van der Waals surface area contributed by atoms with E-state index in [4.69, 9.17) is 15.0 Å². The third kappa shape index (κ3) is 3.30. The van der Waals surface area contributed by atoms with Crippen LogP contribution in [0.5, 0.6) is 0 Å². The second-order valence-corrected chi connectivity index (χ2v) is 9.32. The summed E-state index contributed by atoms with van der Waals surface area (Å²) in [5.41, 5.74) is 1.86. The molecule has 5 aromatic rings. The van der Waals surface area contributed by atoms with Crippen molar-refractivity contribution in [2.45, 2.75) is 26.2 Å². The maximum atomic E-state index is 4.85. The van der Waals surface area contributed by atoms with Crippen molar-refractivity contribution in [1.29, 1.82) is 0 Å². The van der Waals surface area contributed by atoms with Crippen LogP contribution in [-0.2, 0) is 5.41 Å². The SMILES string of the molecule is CC(C)(C)c1nc(-c2ccccc2)nc(-c2ccc3sc4ccccc4c3c2)n1. The number of thiophene rings is 1. The Labute approximate surface area is 174 Å². The molecule has 142 valence electrons. The predicted octanol–water partition coefficient (Wildman–Crippen LogP) is 6.87. The molecule has 0 aliphatic heterocycles. The van der Waals surface area contributed by atoms with Gasteiger partial charge >= 0.3 is 0 Å². The Bertz CT molecular complexity index is 1330. The highest BCUT2D eigenvalue weighted by molar-refractivity contribution is 7.25. The standard InChI is InChI=1S/C25H21N3S/c1-25(2,3)24-27-22(16-9-5-4-6-10-16)26-23(28-24)17-13-14-21-19(15-17)18-11-7-8-12-20(18)29-21/h4-15H,1-3H3. The van der Waals surface area contributed by atoms with Crippen molar-refractivity contribution in [3.63, 3.8) is 0 Å². The van der Waals surface area contributed by atoms with E-state index in [9.17, 15) is 0 Å². The van der Waals surface area contributed by atoms with Crippen LogP contribution in [0.1, 0.15) is 26.6 Å². The molecule has 0 saturated heterocycles. The minimum absolute atomic E-state index is 0.166. The fourth-order valence-corrected chi connectivity index (χ4v) is 4.51. The quantitative estimate of drug-likeness (QED) is 0.327. The number of benzene rings is 3. The number of nitrogens with zero attached hydrogens (tertiary/aromatic N) is 3. The molecular weight excluding hydrogens is 374 g/mol. The van der Waals surface area contributed by atoms with Gasteiger partial charge in [-0.05, 0) is 24.3 Å². The zero-order valence-corrected chi connectivity index (χ0v) is 17.5. The topological polar surface area (TPSA) is 38.7 Å². The number of hydrogen-bond donors (Lipinski definition) is 0. The molecule has 0 bridgehead atoms. The van der Waals surface area contributed by atoms with E-state index < -0.39 is 0 Å². The van der Waals surface area contributed by atoms with Crippen molar-refractivity contribution in [2.75, 3.05) is 0 Å². The first-order valence-electron chi connectivity index (χ1n) is 9.73. The van der Waals surface area contributed by atoms with Gasteiger partial charge in [-0.3, -0.25) is 0 Å². The van der Waals surface area contributed by atoms with Crippen molar-refractivity contribution < 1.29 is 0 Å². The molecule has 0 aliphatic rings. The first-order chi connectivity index (χ1) is 14.0. The summed E-state index contributed by atoms with van der Waals surface area (Å²) in [5.74, 6) is 2.24. The van der Waals surface area contributed by atoms with Crippen LogP contribution in [0.3, 0.4) is 0 Å². The normalized spacial score (nSPS) is 12.0. The summed E-state index contributed by atoms with van der Waals surface area (Å²) >= 11 is 1.82. The van der Waals surface area contributed by atoms with Gasteiger partial charge in [-0.1, -0.05) is 69.3 Å². The molecule has 0 atom stereocenters. The van der Waals surface area contributed by atoms with Gasteiger partial charge in [-0.15, -0.1) is 11.3 Å². The molecule has 29 heavy (non-hydrogen) atoms. The van der Waals surface area contributed by atoms with Crippen LogP contribution in [-0.4, -0.2) is 15.0 Å². The summed E-state index contributed by atoms with van der Waals surface area (Å²) in [5, 5.41) is 2.53. The highest BCUT2D eigenvalue weighted by Crippen LogP contribution is 2.36. The van der Waals surface area contributed by atoms with Gasteiger partial charge in [0.05, 0.1) is 0 Å². The molecule has 0 aliphatic carbocycles. The van der Waals surface area contributed by atoms with Crippen LogP contribution in [0.15, 0.2) is 72.8 Å². The highest BCUT2D eigenvalue weighted by Gasteiger charge is 2.21. The van der Waals surface area contributed by atoms with Crippen LogP contribution >= 0.6 is 11.3 Å². The molecule has 0 amide bonds. The van der Waals surface area contributed by atoms with Crippen LogP contribution in [0.4, 0.5) is 0 Å². The molecule has 0 N–H and O–H groups in total. The van der Waals surface area contributed by atoms with Crippen molar-refractivity contribution in [3.8, 4) is 22.8 Å². The fourth-order valence-electron chi connectivity index (χ4n) is 3.42. The zero-order valence-electron chi connectivity index (χ0n) is 16.7. The Balaban J connectivity index is 1.73. The molecule has 0 spiro atoms. The Morgan fingerprint density at radius 3 is 2.03 bits per heavy atom. The minimum Gasteiger partial charge on any atom is -0.212 e.